The van der Waals surface area contributed by atoms with Gasteiger partial charge in [0.25, 0.3) is 5.91 Å². The Morgan fingerprint density at radius 1 is 1.05 bits per heavy atom. The van der Waals surface area contributed by atoms with Crippen molar-refractivity contribution in [1.29, 1.82) is 0 Å². The number of nitrogens with one attached hydrogen (secondary N) is 1. The summed E-state index contributed by atoms with van der Waals surface area (Å²) in [6, 6.07) is 15.3. The fourth-order valence-electron chi connectivity index (χ4n) is 1.68. The molecule has 1 amide bonds. The smallest absolute Gasteiger partial charge is 0.262 e. The van der Waals surface area contributed by atoms with Gasteiger partial charge in [-0.3, -0.25) is 4.79 Å². The summed E-state index contributed by atoms with van der Waals surface area (Å²) in [7, 11) is 0. The maximum absolute atomic E-state index is 11.8. The van der Waals surface area contributed by atoms with Crippen LogP contribution in [0.25, 0.3) is 0 Å². The van der Waals surface area contributed by atoms with Crippen LogP contribution in [0.4, 0.5) is 5.69 Å². The van der Waals surface area contributed by atoms with Gasteiger partial charge in [-0.15, -0.1) is 0 Å². The molecule has 0 aliphatic rings. The lowest BCUT2D eigenvalue weighted by atomic mass is 10.2. The van der Waals surface area contributed by atoms with Crippen LogP contribution < -0.4 is 10.1 Å². The standard InChI is InChI=1S/C16H17NO2/c1-12-7-9-14(10-8-12)19-11-16(18)17-15-6-4-3-5-13(15)2/h3-10H,11H2,1-2H3,(H,17,18). The molecule has 3 nitrogen and oxygen atoms in total. The van der Waals surface area contributed by atoms with Crippen LogP contribution in [0.5, 0.6) is 5.75 Å². The normalized spacial score (nSPS) is 10.0. The molecule has 1 N–H and O–H groups in total. The van der Waals surface area contributed by atoms with E-state index in [1.54, 1.807) is 0 Å². The summed E-state index contributed by atoms with van der Waals surface area (Å²) >= 11 is 0. The summed E-state index contributed by atoms with van der Waals surface area (Å²) in [5, 5.41) is 2.83. The van der Waals surface area contributed by atoms with Gasteiger partial charge in [-0.2, -0.15) is 0 Å². The molecule has 2 aromatic carbocycles. The summed E-state index contributed by atoms with van der Waals surface area (Å²) in [5.41, 5.74) is 3.02. The molecule has 0 unspecified atom stereocenters. The Kier molecular flexibility index (Phi) is 4.18. The van der Waals surface area contributed by atoms with E-state index in [2.05, 4.69) is 5.32 Å². The van der Waals surface area contributed by atoms with Crippen LogP contribution >= 0.6 is 0 Å². The highest BCUT2D eigenvalue weighted by molar-refractivity contribution is 5.92. The third-order valence-corrected chi connectivity index (χ3v) is 2.81. The summed E-state index contributed by atoms with van der Waals surface area (Å²) in [5.74, 6) is 0.542. The summed E-state index contributed by atoms with van der Waals surface area (Å²) in [6.07, 6.45) is 0. The molecule has 0 atom stereocenters. The van der Waals surface area contributed by atoms with E-state index < -0.39 is 0 Å². The highest BCUT2D eigenvalue weighted by Crippen LogP contribution is 2.14. The molecule has 0 spiro atoms. The van der Waals surface area contributed by atoms with E-state index in [-0.39, 0.29) is 12.5 Å². The molecule has 0 bridgehead atoms. The van der Waals surface area contributed by atoms with Gasteiger partial charge in [0.15, 0.2) is 6.61 Å². The average Bonchev–Trinajstić information content (AvgIpc) is 2.41. The number of hydrogen-bond acceptors (Lipinski definition) is 2. The second-order valence-corrected chi connectivity index (χ2v) is 4.46. The van der Waals surface area contributed by atoms with E-state index in [9.17, 15) is 4.79 Å². The first-order valence-electron chi connectivity index (χ1n) is 6.20. The van der Waals surface area contributed by atoms with Crippen LogP contribution in [0.15, 0.2) is 48.5 Å². The van der Waals surface area contributed by atoms with Crippen LogP contribution in [0.1, 0.15) is 11.1 Å². The Labute approximate surface area is 113 Å². The summed E-state index contributed by atoms with van der Waals surface area (Å²) in [6.45, 7) is 3.97. The number of benzene rings is 2. The lowest BCUT2D eigenvalue weighted by Crippen LogP contribution is -2.20. The van der Waals surface area contributed by atoms with Gasteiger partial charge in [0, 0.05) is 5.69 Å². The Morgan fingerprint density at radius 3 is 2.42 bits per heavy atom. The van der Waals surface area contributed by atoms with Gasteiger partial charge in [0.05, 0.1) is 0 Å². The number of amides is 1. The van der Waals surface area contributed by atoms with E-state index in [1.807, 2.05) is 62.4 Å². The summed E-state index contributed by atoms with van der Waals surface area (Å²) < 4.78 is 5.42. The number of rotatable bonds is 4. The molecule has 0 aromatic heterocycles. The second-order valence-electron chi connectivity index (χ2n) is 4.46. The molecule has 0 heterocycles. The minimum Gasteiger partial charge on any atom is -0.484 e. The number of carbonyl (C=O) groups excluding carboxylic acids is 1. The van der Waals surface area contributed by atoms with Gasteiger partial charge in [0.2, 0.25) is 0 Å². The summed E-state index contributed by atoms with van der Waals surface area (Å²) in [4.78, 5) is 11.8. The molecule has 19 heavy (non-hydrogen) atoms. The van der Waals surface area contributed by atoms with Crippen molar-refractivity contribution >= 4 is 11.6 Å². The number of anilines is 1. The van der Waals surface area contributed by atoms with Gasteiger partial charge < -0.3 is 10.1 Å². The van der Waals surface area contributed by atoms with E-state index in [0.29, 0.717) is 5.75 Å². The third-order valence-electron chi connectivity index (χ3n) is 2.81. The average molecular weight is 255 g/mol. The van der Waals surface area contributed by atoms with Crippen molar-refractivity contribution in [1.82, 2.24) is 0 Å². The number of para-hydroxylation sites is 1. The molecule has 2 aromatic rings. The van der Waals surface area contributed by atoms with Crippen molar-refractivity contribution in [2.24, 2.45) is 0 Å². The Balaban J connectivity index is 1.88. The van der Waals surface area contributed by atoms with E-state index in [1.165, 1.54) is 0 Å². The molecule has 0 aliphatic carbocycles. The van der Waals surface area contributed by atoms with E-state index >= 15 is 0 Å². The van der Waals surface area contributed by atoms with Crippen molar-refractivity contribution in [2.75, 3.05) is 11.9 Å². The molecule has 0 saturated heterocycles. The SMILES string of the molecule is Cc1ccc(OCC(=O)Nc2ccccc2C)cc1. The molecular weight excluding hydrogens is 238 g/mol. The predicted octanol–water partition coefficient (Wildman–Crippen LogP) is 3.32. The zero-order valence-electron chi connectivity index (χ0n) is 11.1. The number of ether oxygens (including phenoxy) is 1. The molecular formula is C16H17NO2. The van der Waals surface area contributed by atoms with Crippen molar-refractivity contribution in [3.63, 3.8) is 0 Å². The fraction of sp³-hybridized carbons (Fsp3) is 0.188. The largest absolute Gasteiger partial charge is 0.484 e. The number of hydrogen-bond donors (Lipinski definition) is 1. The van der Waals surface area contributed by atoms with Gasteiger partial charge in [-0.1, -0.05) is 35.9 Å². The van der Waals surface area contributed by atoms with Crippen LogP contribution in [0.2, 0.25) is 0 Å². The van der Waals surface area contributed by atoms with Crippen molar-refractivity contribution in [3.05, 3.63) is 59.7 Å². The molecule has 3 heteroatoms. The maximum Gasteiger partial charge on any atom is 0.262 e. The van der Waals surface area contributed by atoms with Crippen molar-refractivity contribution < 1.29 is 9.53 Å². The fourth-order valence-corrected chi connectivity index (χ4v) is 1.68. The Hall–Kier alpha value is -2.29. The predicted molar refractivity (Wildman–Crippen MR) is 76.5 cm³/mol. The molecule has 0 saturated carbocycles. The Morgan fingerprint density at radius 2 is 1.74 bits per heavy atom. The topological polar surface area (TPSA) is 38.3 Å². The first-order chi connectivity index (χ1) is 9.15. The van der Waals surface area contributed by atoms with Crippen LogP contribution in [0.3, 0.4) is 0 Å². The Bertz CT molecular complexity index is 561. The lowest BCUT2D eigenvalue weighted by Gasteiger charge is -2.09. The minimum absolute atomic E-state index is 0.0113. The first kappa shape index (κ1) is 13.1. The zero-order valence-corrected chi connectivity index (χ0v) is 11.1. The molecule has 0 aliphatic heterocycles. The quantitative estimate of drug-likeness (QED) is 0.910. The molecule has 0 fully saturated rings. The highest BCUT2D eigenvalue weighted by Gasteiger charge is 2.05. The second kappa shape index (κ2) is 6.05. The molecule has 98 valence electrons. The minimum atomic E-state index is -0.158. The molecule has 0 radical (unpaired) electrons. The number of aryl methyl sites for hydroxylation is 2. The van der Waals surface area contributed by atoms with Gasteiger partial charge in [-0.25, -0.2) is 0 Å². The zero-order chi connectivity index (χ0) is 13.7. The van der Waals surface area contributed by atoms with E-state index in [4.69, 9.17) is 4.74 Å². The number of carbonyl (C=O) groups is 1. The van der Waals surface area contributed by atoms with Crippen molar-refractivity contribution in [2.45, 2.75) is 13.8 Å². The van der Waals surface area contributed by atoms with Crippen LogP contribution in [-0.2, 0) is 4.79 Å². The molecule has 2 rings (SSSR count). The van der Waals surface area contributed by atoms with Gasteiger partial charge in [0.1, 0.15) is 5.75 Å². The van der Waals surface area contributed by atoms with Crippen molar-refractivity contribution in [3.8, 4) is 5.75 Å². The monoisotopic (exact) mass is 255 g/mol. The van der Waals surface area contributed by atoms with Crippen LogP contribution in [0, 0.1) is 13.8 Å². The van der Waals surface area contributed by atoms with Crippen LogP contribution in [-0.4, -0.2) is 12.5 Å². The van der Waals surface area contributed by atoms with E-state index in [0.717, 1.165) is 16.8 Å². The first-order valence-corrected chi connectivity index (χ1v) is 6.20. The highest BCUT2D eigenvalue weighted by atomic mass is 16.5. The maximum atomic E-state index is 11.8. The van der Waals surface area contributed by atoms with Gasteiger partial charge in [-0.05, 0) is 37.6 Å². The lowest BCUT2D eigenvalue weighted by molar-refractivity contribution is -0.118. The third kappa shape index (κ3) is 3.85. The van der Waals surface area contributed by atoms with Gasteiger partial charge >= 0.3 is 0 Å².